The van der Waals surface area contributed by atoms with E-state index in [0.717, 1.165) is 5.56 Å². The molecule has 22 heavy (non-hydrogen) atoms. The Morgan fingerprint density at radius 3 is 2.68 bits per heavy atom. The number of aryl methyl sites for hydroxylation is 1. The first-order valence-electron chi connectivity index (χ1n) is 6.18. The Bertz CT molecular complexity index is 710. The molecular weight excluding hydrogens is 380 g/mol. The van der Waals surface area contributed by atoms with Crippen LogP contribution in [0.4, 0.5) is 14.5 Å². The molecule has 7 heteroatoms. The third-order valence-corrected chi connectivity index (χ3v) is 3.55. The van der Waals surface area contributed by atoms with E-state index >= 15 is 0 Å². The van der Waals surface area contributed by atoms with Crippen molar-refractivity contribution in [3.05, 3.63) is 57.0 Å². The lowest BCUT2D eigenvalue weighted by atomic mass is 10.1. The van der Waals surface area contributed by atoms with Crippen molar-refractivity contribution >= 4 is 39.1 Å². The van der Waals surface area contributed by atoms with Crippen molar-refractivity contribution in [2.75, 3.05) is 5.32 Å². The summed E-state index contributed by atoms with van der Waals surface area (Å²) >= 11 is 8.98. The van der Waals surface area contributed by atoms with Crippen LogP contribution in [0.2, 0.25) is 5.02 Å². The van der Waals surface area contributed by atoms with Gasteiger partial charge in [-0.1, -0.05) is 29.3 Å². The van der Waals surface area contributed by atoms with Crippen molar-refractivity contribution in [2.24, 2.45) is 0 Å². The zero-order chi connectivity index (χ0) is 16.3. The van der Waals surface area contributed by atoms with Crippen molar-refractivity contribution in [1.29, 1.82) is 0 Å². The van der Waals surface area contributed by atoms with Gasteiger partial charge in [-0.05, 0) is 47.1 Å². The average Bonchev–Trinajstić information content (AvgIpc) is 2.42. The van der Waals surface area contributed by atoms with E-state index in [0.29, 0.717) is 5.56 Å². The standard InChI is InChI=1S/C15H11BrClF2NO2/c1-8-3-2-4-9(5-8)14(21)20-12-7-10(17)6-11(16)13(12)22-15(18)19/h2-7,15H,1H3,(H,20,21). The minimum absolute atomic E-state index is 0.0613. The van der Waals surface area contributed by atoms with Crippen molar-refractivity contribution in [3.63, 3.8) is 0 Å². The van der Waals surface area contributed by atoms with Crippen LogP contribution in [-0.4, -0.2) is 12.5 Å². The number of nitrogens with one attached hydrogen (secondary N) is 1. The lowest BCUT2D eigenvalue weighted by Gasteiger charge is -2.14. The Morgan fingerprint density at radius 2 is 2.05 bits per heavy atom. The van der Waals surface area contributed by atoms with Gasteiger partial charge in [-0.3, -0.25) is 4.79 Å². The number of carbonyl (C=O) groups is 1. The Balaban J connectivity index is 2.34. The van der Waals surface area contributed by atoms with E-state index < -0.39 is 12.5 Å². The maximum Gasteiger partial charge on any atom is 0.387 e. The molecule has 0 saturated carbocycles. The molecule has 0 aliphatic carbocycles. The topological polar surface area (TPSA) is 38.3 Å². The summed E-state index contributed by atoms with van der Waals surface area (Å²) in [5.41, 5.74) is 1.37. The molecule has 0 spiro atoms. The summed E-state index contributed by atoms with van der Waals surface area (Å²) in [6.45, 7) is -1.18. The molecular formula is C15H11BrClF2NO2. The first-order valence-corrected chi connectivity index (χ1v) is 7.36. The molecule has 1 amide bonds. The molecule has 0 heterocycles. The van der Waals surface area contributed by atoms with Gasteiger partial charge >= 0.3 is 6.61 Å². The Labute approximate surface area is 139 Å². The minimum atomic E-state index is -3.02. The van der Waals surface area contributed by atoms with Gasteiger partial charge in [0.2, 0.25) is 0 Å². The highest BCUT2D eigenvalue weighted by molar-refractivity contribution is 9.10. The summed E-state index contributed by atoms with van der Waals surface area (Å²) in [7, 11) is 0. The predicted octanol–water partition coefficient (Wildman–Crippen LogP) is 5.26. The largest absolute Gasteiger partial charge is 0.431 e. The summed E-state index contributed by atoms with van der Waals surface area (Å²) < 4.78 is 29.7. The smallest absolute Gasteiger partial charge is 0.387 e. The molecule has 0 saturated heterocycles. The minimum Gasteiger partial charge on any atom is -0.431 e. The van der Waals surface area contributed by atoms with Crippen LogP contribution in [0.25, 0.3) is 0 Å². The molecule has 3 nitrogen and oxygen atoms in total. The summed E-state index contributed by atoms with van der Waals surface area (Å²) in [5, 5.41) is 2.80. The second-order valence-corrected chi connectivity index (χ2v) is 5.76. The number of amides is 1. The number of hydrogen-bond donors (Lipinski definition) is 1. The summed E-state index contributed by atoms with van der Waals surface area (Å²) in [4.78, 5) is 12.2. The van der Waals surface area contributed by atoms with Gasteiger partial charge in [-0.2, -0.15) is 8.78 Å². The Hall–Kier alpha value is -1.66. The summed E-state index contributed by atoms with van der Waals surface area (Å²) in [5.74, 6) is -0.627. The molecule has 0 aliphatic heterocycles. The Morgan fingerprint density at radius 1 is 1.32 bits per heavy atom. The van der Waals surface area contributed by atoms with Crippen molar-refractivity contribution in [1.82, 2.24) is 0 Å². The van der Waals surface area contributed by atoms with Crippen LogP contribution in [0.5, 0.6) is 5.75 Å². The number of alkyl halides is 2. The highest BCUT2D eigenvalue weighted by atomic mass is 79.9. The molecule has 2 rings (SSSR count). The molecule has 0 aliphatic rings. The van der Waals surface area contributed by atoms with Crippen LogP contribution < -0.4 is 10.1 Å². The maximum atomic E-state index is 12.5. The second-order valence-electron chi connectivity index (χ2n) is 4.47. The van der Waals surface area contributed by atoms with E-state index in [1.807, 2.05) is 13.0 Å². The van der Waals surface area contributed by atoms with Gasteiger partial charge in [0.25, 0.3) is 5.91 Å². The lowest BCUT2D eigenvalue weighted by molar-refractivity contribution is -0.0498. The third kappa shape index (κ3) is 4.18. The van der Waals surface area contributed by atoms with E-state index in [9.17, 15) is 13.6 Å². The fourth-order valence-corrected chi connectivity index (χ4v) is 2.75. The molecule has 116 valence electrons. The molecule has 0 unspecified atom stereocenters. The molecule has 0 atom stereocenters. The van der Waals surface area contributed by atoms with Gasteiger partial charge in [0.1, 0.15) is 0 Å². The second kappa shape index (κ2) is 7.07. The van der Waals surface area contributed by atoms with Crippen molar-refractivity contribution < 1.29 is 18.3 Å². The fraction of sp³-hybridized carbons (Fsp3) is 0.133. The van der Waals surface area contributed by atoms with Gasteiger partial charge < -0.3 is 10.1 Å². The molecule has 1 N–H and O–H groups in total. The Kier molecular flexibility index (Phi) is 5.37. The van der Waals surface area contributed by atoms with E-state index in [1.54, 1.807) is 18.2 Å². The number of rotatable bonds is 4. The van der Waals surface area contributed by atoms with Gasteiger partial charge in [0.15, 0.2) is 5.75 Å². The van der Waals surface area contributed by atoms with Crippen molar-refractivity contribution in [2.45, 2.75) is 13.5 Å². The average molecular weight is 391 g/mol. The van der Waals surface area contributed by atoms with Crippen LogP contribution in [0.1, 0.15) is 15.9 Å². The fourth-order valence-electron chi connectivity index (χ4n) is 1.84. The lowest BCUT2D eigenvalue weighted by Crippen LogP contribution is -2.14. The molecule has 2 aromatic rings. The zero-order valence-corrected chi connectivity index (χ0v) is 13.7. The van der Waals surface area contributed by atoms with Gasteiger partial charge in [-0.25, -0.2) is 0 Å². The van der Waals surface area contributed by atoms with E-state index in [-0.39, 0.29) is 20.9 Å². The van der Waals surface area contributed by atoms with E-state index in [4.69, 9.17) is 11.6 Å². The highest BCUT2D eigenvalue weighted by Gasteiger charge is 2.17. The van der Waals surface area contributed by atoms with Gasteiger partial charge in [-0.15, -0.1) is 0 Å². The highest BCUT2D eigenvalue weighted by Crippen LogP contribution is 2.37. The zero-order valence-electron chi connectivity index (χ0n) is 11.4. The number of hydrogen-bond acceptors (Lipinski definition) is 2. The van der Waals surface area contributed by atoms with Crippen molar-refractivity contribution in [3.8, 4) is 5.75 Å². The van der Waals surface area contributed by atoms with Crippen LogP contribution in [0, 0.1) is 6.92 Å². The van der Waals surface area contributed by atoms with Gasteiger partial charge in [0, 0.05) is 10.6 Å². The van der Waals surface area contributed by atoms with Crippen LogP contribution in [0.15, 0.2) is 40.9 Å². The van der Waals surface area contributed by atoms with Crippen LogP contribution >= 0.6 is 27.5 Å². The van der Waals surface area contributed by atoms with Crippen LogP contribution in [0.3, 0.4) is 0 Å². The van der Waals surface area contributed by atoms with E-state index in [2.05, 4.69) is 26.0 Å². The quantitative estimate of drug-likeness (QED) is 0.773. The molecule has 0 bridgehead atoms. The monoisotopic (exact) mass is 389 g/mol. The normalized spacial score (nSPS) is 10.6. The molecule has 0 radical (unpaired) electrons. The summed E-state index contributed by atoms with van der Waals surface area (Å²) in [6, 6.07) is 9.63. The summed E-state index contributed by atoms with van der Waals surface area (Å²) in [6.07, 6.45) is 0. The SMILES string of the molecule is Cc1cccc(C(=O)Nc2cc(Cl)cc(Br)c2OC(F)F)c1. The number of halogens is 4. The maximum absolute atomic E-state index is 12.5. The number of benzene rings is 2. The molecule has 0 aromatic heterocycles. The number of carbonyl (C=O) groups excluding carboxylic acids is 1. The first kappa shape index (κ1) is 16.7. The van der Waals surface area contributed by atoms with E-state index in [1.165, 1.54) is 12.1 Å². The predicted molar refractivity (Wildman–Crippen MR) is 84.9 cm³/mol. The number of ether oxygens (including phenoxy) is 1. The first-order chi connectivity index (χ1) is 10.4. The van der Waals surface area contributed by atoms with Gasteiger partial charge in [0.05, 0.1) is 10.2 Å². The molecule has 0 fully saturated rings. The van der Waals surface area contributed by atoms with Crippen LogP contribution in [-0.2, 0) is 0 Å². The third-order valence-electron chi connectivity index (χ3n) is 2.74. The number of anilines is 1. The molecule has 2 aromatic carbocycles.